The smallest absolute Gasteiger partial charge is 0.268 e. The molecule has 4 rings (SSSR count). The molecular formula is C18H18ClN3OS2. The number of hydrogen-bond donors (Lipinski definition) is 1. The zero-order chi connectivity index (χ0) is 16.5. The van der Waals surface area contributed by atoms with Gasteiger partial charge in [-0.15, -0.1) is 35.5 Å². The summed E-state index contributed by atoms with van der Waals surface area (Å²) in [6, 6.07) is 12.0. The van der Waals surface area contributed by atoms with Gasteiger partial charge in [0.25, 0.3) is 5.91 Å². The monoisotopic (exact) mass is 391 g/mol. The molecule has 1 N–H and O–H groups in total. The van der Waals surface area contributed by atoms with Crippen LogP contribution in [-0.2, 0) is 12.8 Å². The average Bonchev–Trinajstić information content (AvgIpc) is 3.32. The van der Waals surface area contributed by atoms with Gasteiger partial charge in [-0.05, 0) is 49.1 Å². The van der Waals surface area contributed by atoms with E-state index in [0.29, 0.717) is 0 Å². The maximum absolute atomic E-state index is 12.8. The van der Waals surface area contributed by atoms with Gasteiger partial charge in [-0.2, -0.15) is 5.10 Å². The van der Waals surface area contributed by atoms with Crippen molar-refractivity contribution in [2.24, 2.45) is 0 Å². The van der Waals surface area contributed by atoms with Gasteiger partial charge >= 0.3 is 0 Å². The maximum Gasteiger partial charge on any atom is 0.268 e. The van der Waals surface area contributed by atoms with Crippen LogP contribution in [0.25, 0.3) is 5.69 Å². The Balaban J connectivity index is 0.00000182. The topological polar surface area (TPSA) is 46.9 Å². The van der Waals surface area contributed by atoms with Crippen molar-refractivity contribution in [1.29, 1.82) is 0 Å². The van der Waals surface area contributed by atoms with E-state index < -0.39 is 0 Å². The molecule has 1 aliphatic carbocycles. The van der Waals surface area contributed by atoms with E-state index in [9.17, 15) is 4.79 Å². The Morgan fingerprint density at radius 1 is 1.24 bits per heavy atom. The summed E-state index contributed by atoms with van der Waals surface area (Å²) in [5, 5.41) is 9.82. The van der Waals surface area contributed by atoms with Crippen LogP contribution in [0.5, 0.6) is 0 Å². The lowest BCUT2D eigenvalue weighted by molar-refractivity contribution is 0.102. The summed E-state index contributed by atoms with van der Waals surface area (Å²) in [6.45, 7) is 0. The van der Waals surface area contributed by atoms with E-state index in [1.54, 1.807) is 11.8 Å². The van der Waals surface area contributed by atoms with E-state index in [1.165, 1.54) is 16.9 Å². The molecule has 2 heterocycles. The number of carbonyl (C=O) groups is 1. The number of thiophene rings is 1. The van der Waals surface area contributed by atoms with Crippen LogP contribution < -0.4 is 5.32 Å². The van der Waals surface area contributed by atoms with Gasteiger partial charge in [0.2, 0.25) is 0 Å². The van der Waals surface area contributed by atoms with Gasteiger partial charge in [-0.3, -0.25) is 4.79 Å². The molecule has 0 radical (unpaired) electrons. The fraction of sp³-hybridized carbons (Fsp3) is 0.222. The summed E-state index contributed by atoms with van der Waals surface area (Å²) >= 11 is 3.07. The van der Waals surface area contributed by atoms with E-state index >= 15 is 0 Å². The van der Waals surface area contributed by atoms with Crippen LogP contribution in [-0.4, -0.2) is 21.9 Å². The predicted octanol–water partition coefficient (Wildman–Crippen LogP) is 4.82. The molecular weight excluding hydrogens is 374 g/mol. The fourth-order valence-corrected chi connectivity index (χ4v) is 4.71. The highest BCUT2D eigenvalue weighted by molar-refractivity contribution is 7.98. The number of benzene rings is 1. The number of halogens is 1. The van der Waals surface area contributed by atoms with Gasteiger partial charge in [0.05, 0.1) is 11.4 Å². The van der Waals surface area contributed by atoms with E-state index in [-0.39, 0.29) is 18.3 Å². The molecule has 25 heavy (non-hydrogen) atoms. The summed E-state index contributed by atoms with van der Waals surface area (Å²) in [7, 11) is 0. The second-order valence-electron chi connectivity index (χ2n) is 5.65. The molecule has 4 nitrogen and oxygen atoms in total. The second kappa shape index (κ2) is 7.64. The standard InChI is InChI=1S/C18H17N3OS2.ClH/c1-23-15-10-11-24-16(15)18(22)19-17-13-8-5-9-14(13)20-21(17)12-6-3-2-4-7-12;/h2-4,6-7,10-11H,5,8-9H2,1H3,(H,19,22);1H. The van der Waals surface area contributed by atoms with Crippen LogP contribution in [0.3, 0.4) is 0 Å². The highest BCUT2D eigenvalue weighted by atomic mass is 35.5. The lowest BCUT2D eigenvalue weighted by Crippen LogP contribution is -2.15. The molecule has 130 valence electrons. The highest BCUT2D eigenvalue weighted by Crippen LogP contribution is 2.32. The van der Waals surface area contributed by atoms with Gasteiger partial charge in [-0.1, -0.05) is 18.2 Å². The number of nitrogens with zero attached hydrogens (tertiary/aromatic N) is 2. The molecule has 0 saturated heterocycles. The summed E-state index contributed by atoms with van der Waals surface area (Å²) in [4.78, 5) is 14.6. The van der Waals surface area contributed by atoms with Crippen molar-refractivity contribution in [1.82, 2.24) is 9.78 Å². The van der Waals surface area contributed by atoms with Crippen LogP contribution in [0.4, 0.5) is 5.82 Å². The lowest BCUT2D eigenvalue weighted by atomic mass is 10.2. The van der Waals surface area contributed by atoms with Crippen LogP contribution >= 0.6 is 35.5 Å². The minimum Gasteiger partial charge on any atom is -0.305 e. The Morgan fingerprint density at radius 3 is 2.80 bits per heavy atom. The molecule has 0 saturated carbocycles. The number of rotatable bonds is 4. The predicted molar refractivity (Wildman–Crippen MR) is 107 cm³/mol. The molecule has 1 aromatic carbocycles. The molecule has 2 aromatic heterocycles. The van der Waals surface area contributed by atoms with Crippen molar-refractivity contribution in [2.45, 2.75) is 24.2 Å². The molecule has 0 fully saturated rings. The summed E-state index contributed by atoms with van der Waals surface area (Å²) in [5.41, 5.74) is 3.25. The number of nitrogens with one attached hydrogen (secondary N) is 1. The Bertz CT molecular complexity index is 889. The third-order valence-electron chi connectivity index (χ3n) is 4.20. The number of aryl methyl sites for hydroxylation is 1. The lowest BCUT2D eigenvalue weighted by Gasteiger charge is -2.11. The van der Waals surface area contributed by atoms with E-state index in [4.69, 9.17) is 5.10 Å². The van der Waals surface area contributed by atoms with E-state index in [1.807, 2.05) is 52.7 Å². The van der Waals surface area contributed by atoms with Gasteiger partial charge < -0.3 is 5.32 Å². The molecule has 0 atom stereocenters. The second-order valence-corrected chi connectivity index (χ2v) is 7.41. The minimum atomic E-state index is -0.0545. The number of hydrogen-bond acceptors (Lipinski definition) is 4. The molecule has 3 aromatic rings. The zero-order valence-electron chi connectivity index (χ0n) is 13.7. The first-order valence-electron chi connectivity index (χ1n) is 7.87. The number of amides is 1. The van der Waals surface area contributed by atoms with Gasteiger partial charge in [0, 0.05) is 10.5 Å². The summed E-state index contributed by atoms with van der Waals surface area (Å²) < 4.78 is 1.87. The number of fused-ring (bicyclic) bond motifs is 1. The third-order valence-corrected chi connectivity index (χ3v) is 6.02. The minimum absolute atomic E-state index is 0. The first kappa shape index (κ1) is 18.0. The van der Waals surface area contributed by atoms with Crippen molar-refractivity contribution in [3.05, 3.63) is 57.9 Å². The molecule has 0 bridgehead atoms. The van der Waals surface area contributed by atoms with Gasteiger partial charge in [0.1, 0.15) is 10.7 Å². The molecule has 7 heteroatoms. The SMILES string of the molecule is CSc1ccsc1C(=O)Nc1c2c(nn1-c1ccccc1)CCC2.Cl. The van der Waals surface area contributed by atoms with E-state index in [2.05, 4.69) is 5.32 Å². The number of para-hydroxylation sites is 1. The maximum atomic E-state index is 12.8. The first-order chi connectivity index (χ1) is 11.8. The average molecular weight is 392 g/mol. The van der Waals surface area contributed by atoms with Crippen molar-refractivity contribution < 1.29 is 4.79 Å². The Kier molecular flexibility index (Phi) is 5.51. The van der Waals surface area contributed by atoms with Crippen LogP contribution in [0.2, 0.25) is 0 Å². The number of anilines is 1. The van der Waals surface area contributed by atoms with E-state index in [0.717, 1.165) is 46.2 Å². The summed E-state index contributed by atoms with van der Waals surface area (Å²) in [6.07, 6.45) is 5.04. The molecule has 0 unspecified atom stereocenters. The normalized spacial score (nSPS) is 12.5. The molecule has 1 amide bonds. The van der Waals surface area contributed by atoms with Crippen molar-refractivity contribution in [3.63, 3.8) is 0 Å². The molecule has 0 aliphatic heterocycles. The fourth-order valence-electron chi connectivity index (χ4n) is 3.06. The van der Waals surface area contributed by atoms with Gasteiger partial charge in [-0.25, -0.2) is 4.68 Å². The Labute approximate surface area is 161 Å². The number of carbonyl (C=O) groups excluding carboxylic acids is 1. The van der Waals surface area contributed by atoms with Crippen molar-refractivity contribution in [3.8, 4) is 5.69 Å². The zero-order valence-corrected chi connectivity index (χ0v) is 16.1. The summed E-state index contributed by atoms with van der Waals surface area (Å²) in [5.74, 6) is 0.764. The van der Waals surface area contributed by atoms with Crippen molar-refractivity contribution in [2.75, 3.05) is 11.6 Å². The Morgan fingerprint density at radius 2 is 2.04 bits per heavy atom. The Hall–Kier alpha value is -1.76. The molecule has 0 spiro atoms. The van der Waals surface area contributed by atoms with Crippen LogP contribution in [0, 0.1) is 0 Å². The largest absolute Gasteiger partial charge is 0.305 e. The number of thioether (sulfide) groups is 1. The first-order valence-corrected chi connectivity index (χ1v) is 9.97. The quantitative estimate of drug-likeness (QED) is 0.648. The van der Waals surface area contributed by atoms with Crippen LogP contribution in [0.1, 0.15) is 27.3 Å². The van der Waals surface area contributed by atoms with Gasteiger partial charge in [0.15, 0.2) is 0 Å². The van der Waals surface area contributed by atoms with Crippen molar-refractivity contribution >= 4 is 47.2 Å². The number of aromatic nitrogens is 2. The highest BCUT2D eigenvalue weighted by Gasteiger charge is 2.25. The molecule has 1 aliphatic rings. The van der Waals surface area contributed by atoms with Crippen LogP contribution in [0.15, 0.2) is 46.7 Å². The third kappa shape index (κ3) is 3.34.